The van der Waals surface area contributed by atoms with Gasteiger partial charge in [0, 0.05) is 6.42 Å². The third-order valence-corrected chi connectivity index (χ3v) is 5.70. The number of likely N-dealkylation sites (N-methyl/N-ethyl adjacent to an activating group) is 1. The van der Waals surface area contributed by atoms with Gasteiger partial charge in [-0.05, 0) is 32.3 Å². The Labute approximate surface area is 181 Å². The van der Waals surface area contributed by atoms with Gasteiger partial charge in [0.2, 0.25) is 5.84 Å². The van der Waals surface area contributed by atoms with Gasteiger partial charge in [-0.3, -0.25) is 9.89 Å². The van der Waals surface area contributed by atoms with Crippen molar-refractivity contribution in [1.29, 1.82) is 0 Å². The summed E-state index contributed by atoms with van der Waals surface area (Å²) < 4.78 is 2.59. The Balaban J connectivity index is 0.00000676. The van der Waals surface area contributed by atoms with Crippen molar-refractivity contribution in [2.75, 3.05) is 13.1 Å². The minimum Gasteiger partial charge on any atom is -1.00 e. The van der Waals surface area contributed by atoms with E-state index in [1.165, 1.54) is 102 Å². The molecule has 0 aromatic heterocycles. The number of halogens is 1. The molecule has 160 valence electrons. The highest BCUT2D eigenvalue weighted by Gasteiger charge is 2.27. The van der Waals surface area contributed by atoms with Crippen LogP contribution < -0.4 is 22.3 Å². The highest BCUT2D eigenvalue weighted by atomic mass is 79.9. The third kappa shape index (κ3) is 12.7. The molecule has 3 heteroatoms. The van der Waals surface area contributed by atoms with Gasteiger partial charge in [-0.2, -0.15) is 0 Å². The van der Waals surface area contributed by atoms with Gasteiger partial charge in [-0.25, -0.2) is 0 Å². The van der Waals surface area contributed by atoms with Crippen molar-refractivity contribution in [2.24, 2.45) is 0 Å². The largest absolute Gasteiger partial charge is 1.00 e. The molecule has 0 amide bonds. The van der Waals surface area contributed by atoms with Crippen molar-refractivity contribution in [3.63, 3.8) is 0 Å². The lowest BCUT2D eigenvalue weighted by molar-refractivity contribution is -0.541. The van der Waals surface area contributed by atoms with Crippen LogP contribution in [0.5, 0.6) is 0 Å². The van der Waals surface area contributed by atoms with Crippen LogP contribution in [0.15, 0.2) is 12.2 Å². The van der Waals surface area contributed by atoms with Crippen LogP contribution in [0.3, 0.4) is 0 Å². The van der Waals surface area contributed by atoms with Gasteiger partial charge in [0.1, 0.15) is 6.54 Å². The van der Waals surface area contributed by atoms with Gasteiger partial charge in [-0.1, -0.05) is 90.6 Å². The zero-order valence-corrected chi connectivity index (χ0v) is 20.2. The van der Waals surface area contributed by atoms with E-state index in [4.69, 9.17) is 0 Å². The molecule has 1 N–H and O–H groups in total. The average Bonchev–Trinajstić information content (AvgIpc) is 3.05. The molecule has 0 fully saturated rings. The summed E-state index contributed by atoms with van der Waals surface area (Å²) in [7, 11) is 0. The van der Waals surface area contributed by atoms with Crippen molar-refractivity contribution >= 4 is 5.84 Å². The summed E-state index contributed by atoms with van der Waals surface area (Å²) in [6, 6.07) is 0.583. The third-order valence-electron chi connectivity index (χ3n) is 5.70. The van der Waals surface area contributed by atoms with Crippen molar-refractivity contribution in [3.8, 4) is 0 Å². The van der Waals surface area contributed by atoms with Crippen LogP contribution in [0, 0.1) is 0 Å². The number of unbranched alkanes of at least 4 members (excludes halogenated alkanes) is 12. The van der Waals surface area contributed by atoms with Gasteiger partial charge in [0.25, 0.3) is 0 Å². The Hall–Kier alpha value is -0.310. The first-order chi connectivity index (χ1) is 12.8. The lowest BCUT2D eigenvalue weighted by Gasteiger charge is -2.07. The second-order valence-corrected chi connectivity index (χ2v) is 8.04. The lowest BCUT2D eigenvalue weighted by Crippen LogP contribution is -3.00. The minimum absolute atomic E-state index is 0. The fraction of sp³-hybridized carbons (Fsp3) is 0.875. The van der Waals surface area contributed by atoms with Gasteiger partial charge in [-0.15, -0.1) is 0 Å². The lowest BCUT2D eigenvalue weighted by atomic mass is 10.1. The summed E-state index contributed by atoms with van der Waals surface area (Å²) in [5.74, 6) is 1.49. The second-order valence-electron chi connectivity index (χ2n) is 8.04. The van der Waals surface area contributed by atoms with E-state index in [0.717, 1.165) is 13.1 Å². The van der Waals surface area contributed by atoms with Crippen LogP contribution >= 0.6 is 0 Å². The maximum Gasteiger partial charge on any atom is 0.245 e. The molecule has 1 aliphatic rings. The standard InChI is InChI=1S/C24H46N2.BrH/c1-4-7-9-11-13-14-15-16-18-20-23-22-25-24(26(23)6-3)21-19-17-12-10-8-5-2;/h18,20,23H,4-17,19,21-22H2,1-3H3;1H. The van der Waals surface area contributed by atoms with Crippen molar-refractivity contribution in [3.05, 3.63) is 12.2 Å². The summed E-state index contributed by atoms with van der Waals surface area (Å²) in [5, 5.41) is 3.68. The Morgan fingerprint density at radius 2 is 1.37 bits per heavy atom. The number of nitrogens with one attached hydrogen (secondary N) is 1. The Morgan fingerprint density at radius 1 is 0.815 bits per heavy atom. The topological polar surface area (TPSA) is 15.0 Å². The van der Waals surface area contributed by atoms with Crippen LogP contribution in [-0.4, -0.2) is 29.5 Å². The van der Waals surface area contributed by atoms with Gasteiger partial charge < -0.3 is 17.0 Å². The normalized spacial score (nSPS) is 16.8. The molecule has 1 rings (SSSR count). The van der Waals surface area contributed by atoms with E-state index < -0.39 is 0 Å². The van der Waals surface area contributed by atoms with E-state index in [0.29, 0.717) is 6.04 Å². The fourth-order valence-corrected chi connectivity index (χ4v) is 4.01. The summed E-state index contributed by atoms with van der Waals surface area (Å²) in [5.41, 5.74) is 0. The van der Waals surface area contributed by atoms with Crippen LogP contribution in [-0.2, 0) is 0 Å². The van der Waals surface area contributed by atoms with E-state index in [-0.39, 0.29) is 17.0 Å². The molecule has 0 saturated heterocycles. The minimum atomic E-state index is 0. The monoisotopic (exact) mass is 442 g/mol. The maximum atomic E-state index is 3.68. The van der Waals surface area contributed by atoms with Gasteiger partial charge in [0.05, 0.1) is 6.54 Å². The summed E-state index contributed by atoms with van der Waals surface area (Å²) >= 11 is 0. The highest BCUT2D eigenvalue weighted by molar-refractivity contribution is 5.78. The first-order valence-electron chi connectivity index (χ1n) is 11.9. The second kappa shape index (κ2) is 19.0. The first-order valence-corrected chi connectivity index (χ1v) is 11.9. The molecule has 1 atom stereocenters. The smallest absolute Gasteiger partial charge is 0.245 e. The Morgan fingerprint density at radius 3 is 1.96 bits per heavy atom. The Bertz CT molecular complexity index is 390. The molecule has 0 aliphatic carbocycles. The fourth-order valence-electron chi connectivity index (χ4n) is 4.01. The molecule has 0 aromatic carbocycles. The molecule has 1 aliphatic heterocycles. The SMILES string of the molecule is CCCCCCCCCC=CC1CNC(CCCCCCCC)=[N+]1CC.[Br-]. The molecule has 0 radical (unpaired) electrons. The van der Waals surface area contributed by atoms with E-state index >= 15 is 0 Å². The van der Waals surface area contributed by atoms with Crippen molar-refractivity contribution < 1.29 is 21.6 Å². The number of rotatable bonds is 17. The zero-order valence-electron chi connectivity index (χ0n) is 18.6. The molecule has 0 bridgehead atoms. The summed E-state index contributed by atoms with van der Waals surface area (Å²) in [6.45, 7) is 9.11. The van der Waals surface area contributed by atoms with Crippen LogP contribution in [0.2, 0.25) is 0 Å². The highest BCUT2D eigenvalue weighted by Crippen LogP contribution is 2.12. The summed E-state index contributed by atoms with van der Waals surface area (Å²) in [4.78, 5) is 0. The molecule has 2 nitrogen and oxygen atoms in total. The molecule has 1 heterocycles. The molecular weight excluding hydrogens is 396 g/mol. The van der Waals surface area contributed by atoms with Gasteiger partial charge >= 0.3 is 0 Å². The van der Waals surface area contributed by atoms with Crippen LogP contribution in [0.25, 0.3) is 0 Å². The molecular formula is C24H47BrN2. The van der Waals surface area contributed by atoms with E-state index in [9.17, 15) is 0 Å². The molecule has 0 saturated carbocycles. The maximum absolute atomic E-state index is 3.68. The molecule has 0 aromatic rings. The molecule has 27 heavy (non-hydrogen) atoms. The molecule has 0 spiro atoms. The number of hydrogen-bond donors (Lipinski definition) is 1. The van der Waals surface area contributed by atoms with E-state index in [1.54, 1.807) is 0 Å². The number of allylic oxidation sites excluding steroid dienone is 1. The Kier molecular flexibility index (Phi) is 18.8. The van der Waals surface area contributed by atoms with Crippen LogP contribution in [0.4, 0.5) is 0 Å². The van der Waals surface area contributed by atoms with Crippen molar-refractivity contribution in [1.82, 2.24) is 5.32 Å². The number of hydrogen-bond acceptors (Lipinski definition) is 1. The van der Waals surface area contributed by atoms with Crippen molar-refractivity contribution in [2.45, 2.75) is 123 Å². The number of nitrogens with zero attached hydrogens (tertiary/aromatic N) is 1. The summed E-state index contributed by atoms with van der Waals surface area (Å²) in [6.07, 6.45) is 25.5. The predicted molar refractivity (Wildman–Crippen MR) is 117 cm³/mol. The first kappa shape index (κ1) is 26.7. The molecule has 1 unspecified atom stereocenters. The van der Waals surface area contributed by atoms with E-state index in [2.05, 4.69) is 42.8 Å². The predicted octanol–water partition coefficient (Wildman–Crippen LogP) is 3.84. The zero-order chi connectivity index (χ0) is 18.9. The average molecular weight is 444 g/mol. The number of amidine groups is 1. The quantitative estimate of drug-likeness (QED) is 0.205. The van der Waals surface area contributed by atoms with Crippen LogP contribution in [0.1, 0.15) is 117 Å². The van der Waals surface area contributed by atoms with E-state index in [1.807, 2.05) is 0 Å². The van der Waals surface area contributed by atoms with Gasteiger partial charge in [0.15, 0.2) is 6.04 Å².